The maximum atomic E-state index is 5.85. The highest BCUT2D eigenvalue weighted by atomic mass is 79.9. The third-order valence-electron chi connectivity index (χ3n) is 2.49. The van der Waals surface area contributed by atoms with E-state index in [1.165, 1.54) is 5.56 Å². The molecule has 0 atom stereocenters. The van der Waals surface area contributed by atoms with Crippen LogP contribution in [0.2, 0.25) is 0 Å². The van der Waals surface area contributed by atoms with Crippen LogP contribution in [0.4, 0.5) is 11.4 Å². The highest BCUT2D eigenvalue weighted by Crippen LogP contribution is 2.26. The zero-order valence-corrected chi connectivity index (χ0v) is 12.2. The van der Waals surface area contributed by atoms with Crippen molar-refractivity contribution in [3.05, 3.63) is 52.8 Å². The first-order valence-corrected chi connectivity index (χ1v) is 6.23. The SMILES string of the molecule is Cl.Nc1cncc(Br)c1NCCc1ccccc1. The van der Waals surface area contributed by atoms with Gasteiger partial charge >= 0.3 is 0 Å². The number of nitrogens with zero attached hydrogens (tertiary/aromatic N) is 1. The van der Waals surface area contributed by atoms with Gasteiger partial charge in [0, 0.05) is 12.7 Å². The molecular weight excluding hydrogens is 314 g/mol. The van der Waals surface area contributed by atoms with Gasteiger partial charge in [0.2, 0.25) is 0 Å². The van der Waals surface area contributed by atoms with E-state index < -0.39 is 0 Å². The molecule has 0 unspecified atom stereocenters. The lowest BCUT2D eigenvalue weighted by molar-refractivity contribution is 1.02. The van der Waals surface area contributed by atoms with Crippen LogP contribution in [0, 0.1) is 0 Å². The summed E-state index contributed by atoms with van der Waals surface area (Å²) in [6.45, 7) is 0.844. The second kappa shape index (κ2) is 7.24. The van der Waals surface area contributed by atoms with Gasteiger partial charge < -0.3 is 11.1 Å². The molecule has 0 radical (unpaired) electrons. The Hall–Kier alpha value is -1.26. The molecule has 2 aromatic rings. The van der Waals surface area contributed by atoms with Crippen molar-refractivity contribution in [3.8, 4) is 0 Å². The van der Waals surface area contributed by atoms with Crippen LogP contribution >= 0.6 is 28.3 Å². The van der Waals surface area contributed by atoms with Crippen molar-refractivity contribution in [3.63, 3.8) is 0 Å². The van der Waals surface area contributed by atoms with E-state index in [0.717, 1.165) is 23.1 Å². The number of nitrogens with two attached hydrogens (primary N) is 1. The van der Waals surface area contributed by atoms with Crippen molar-refractivity contribution in [2.75, 3.05) is 17.6 Å². The monoisotopic (exact) mass is 327 g/mol. The second-order valence-electron chi connectivity index (χ2n) is 3.75. The lowest BCUT2D eigenvalue weighted by atomic mass is 10.1. The van der Waals surface area contributed by atoms with Gasteiger partial charge in [-0.15, -0.1) is 12.4 Å². The molecule has 0 saturated heterocycles. The number of benzene rings is 1. The molecule has 0 bridgehead atoms. The number of hydrogen-bond acceptors (Lipinski definition) is 3. The molecular formula is C13H15BrClN3. The molecule has 3 nitrogen and oxygen atoms in total. The smallest absolute Gasteiger partial charge is 0.0750 e. The lowest BCUT2D eigenvalue weighted by Gasteiger charge is -2.10. The first kappa shape index (κ1) is 14.8. The van der Waals surface area contributed by atoms with Crippen molar-refractivity contribution in [1.29, 1.82) is 0 Å². The summed E-state index contributed by atoms with van der Waals surface area (Å²) in [4.78, 5) is 4.00. The molecule has 0 saturated carbocycles. The van der Waals surface area contributed by atoms with Gasteiger partial charge in [0.15, 0.2) is 0 Å². The number of pyridine rings is 1. The van der Waals surface area contributed by atoms with Gasteiger partial charge in [0.05, 0.1) is 22.0 Å². The molecule has 18 heavy (non-hydrogen) atoms. The summed E-state index contributed by atoms with van der Waals surface area (Å²) >= 11 is 3.43. The Balaban J connectivity index is 0.00000162. The minimum atomic E-state index is 0. The molecule has 0 aliphatic heterocycles. The van der Waals surface area contributed by atoms with Crippen molar-refractivity contribution in [1.82, 2.24) is 4.98 Å². The topological polar surface area (TPSA) is 50.9 Å². The molecule has 96 valence electrons. The number of hydrogen-bond donors (Lipinski definition) is 2. The van der Waals surface area contributed by atoms with Gasteiger partial charge in [-0.1, -0.05) is 30.3 Å². The predicted molar refractivity (Wildman–Crippen MR) is 82.2 cm³/mol. The number of aromatic nitrogens is 1. The molecule has 5 heteroatoms. The van der Waals surface area contributed by atoms with Crippen LogP contribution in [0.5, 0.6) is 0 Å². The molecule has 2 rings (SSSR count). The van der Waals surface area contributed by atoms with Gasteiger partial charge in [-0.25, -0.2) is 0 Å². The fourth-order valence-corrected chi connectivity index (χ4v) is 2.10. The Morgan fingerprint density at radius 1 is 1.17 bits per heavy atom. The molecule has 1 aromatic carbocycles. The zero-order chi connectivity index (χ0) is 12.1. The number of halogens is 2. The first-order valence-electron chi connectivity index (χ1n) is 5.44. The highest BCUT2D eigenvalue weighted by molar-refractivity contribution is 9.10. The summed E-state index contributed by atoms with van der Waals surface area (Å²) in [6.07, 6.45) is 4.35. The largest absolute Gasteiger partial charge is 0.396 e. The van der Waals surface area contributed by atoms with Crippen molar-refractivity contribution in [2.24, 2.45) is 0 Å². The molecule has 0 amide bonds. The van der Waals surface area contributed by atoms with E-state index >= 15 is 0 Å². The van der Waals surface area contributed by atoms with Crippen LogP contribution < -0.4 is 11.1 Å². The third-order valence-corrected chi connectivity index (χ3v) is 3.09. The van der Waals surface area contributed by atoms with Crippen LogP contribution in [0.25, 0.3) is 0 Å². The maximum absolute atomic E-state index is 5.85. The van der Waals surface area contributed by atoms with E-state index in [2.05, 4.69) is 38.4 Å². The standard InChI is InChI=1S/C13H14BrN3.ClH/c14-11-8-16-9-12(15)13(11)17-7-6-10-4-2-1-3-5-10;/h1-5,8-9H,6-7,15H2,(H,16,17);1H. The number of anilines is 2. The molecule has 0 aliphatic rings. The Morgan fingerprint density at radius 3 is 2.56 bits per heavy atom. The molecule has 0 spiro atoms. The molecule has 1 heterocycles. The van der Waals surface area contributed by atoms with Crippen LogP contribution in [-0.2, 0) is 6.42 Å². The van der Waals surface area contributed by atoms with Crippen LogP contribution in [0.15, 0.2) is 47.2 Å². The fourth-order valence-electron chi connectivity index (χ4n) is 1.61. The van der Waals surface area contributed by atoms with E-state index in [4.69, 9.17) is 5.73 Å². The number of nitrogen functional groups attached to an aromatic ring is 1. The van der Waals surface area contributed by atoms with E-state index in [0.29, 0.717) is 5.69 Å². The molecule has 1 aromatic heterocycles. The summed E-state index contributed by atoms with van der Waals surface area (Å²) in [5, 5.41) is 3.32. The zero-order valence-electron chi connectivity index (χ0n) is 9.77. The predicted octanol–water partition coefficient (Wildman–Crippen LogP) is 3.50. The van der Waals surface area contributed by atoms with Crippen molar-refractivity contribution in [2.45, 2.75) is 6.42 Å². The van der Waals surface area contributed by atoms with Crippen molar-refractivity contribution < 1.29 is 0 Å². The third kappa shape index (κ3) is 3.89. The summed E-state index contributed by atoms with van der Waals surface area (Å²) in [5.74, 6) is 0. The number of rotatable bonds is 4. The molecule has 0 fully saturated rings. The van der Waals surface area contributed by atoms with Gasteiger partial charge in [0.25, 0.3) is 0 Å². The quantitative estimate of drug-likeness (QED) is 0.903. The summed E-state index contributed by atoms with van der Waals surface area (Å²) in [6, 6.07) is 10.4. The highest BCUT2D eigenvalue weighted by Gasteiger charge is 2.03. The average Bonchev–Trinajstić information content (AvgIpc) is 2.34. The minimum absolute atomic E-state index is 0. The second-order valence-corrected chi connectivity index (χ2v) is 4.60. The summed E-state index contributed by atoms with van der Waals surface area (Å²) < 4.78 is 0.894. The summed E-state index contributed by atoms with van der Waals surface area (Å²) in [5.41, 5.74) is 8.73. The molecule has 0 aliphatic carbocycles. The average molecular weight is 329 g/mol. The lowest BCUT2D eigenvalue weighted by Crippen LogP contribution is -2.07. The van der Waals surface area contributed by atoms with E-state index in [9.17, 15) is 0 Å². The van der Waals surface area contributed by atoms with Gasteiger partial charge in [-0.3, -0.25) is 4.98 Å². The molecule has 3 N–H and O–H groups in total. The maximum Gasteiger partial charge on any atom is 0.0750 e. The Bertz CT molecular complexity index is 471. The number of nitrogens with one attached hydrogen (secondary N) is 1. The van der Waals surface area contributed by atoms with Crippen molar-refractivity contribution >= 4 is 39.7 Å². The van der Waals surface area contributed by atoms with E-state index in [1.54, 1.807) is 12.4 Å². The summed E-state index contributed by atoms with van der Waals surface area (Å²) in [7, 11) is 0. The van der Waals surface area contributed by atoms with Crippen LogP contribution in [0.3, 0.4) is 0 Å². The first-order chi connectivity index (χ1) is 8.27. The Kier molecular flexibility index (Phi) is 5.95. The Labute approximate surface area is 121 Å². The fraction of sp³-hybridized carbons (Fsp3) is 0.154. The van der Waals surface area contributed by atoms with E-state index in [1.807, 2.05) is 18.2 Å². The van der Waals surface area contributed by atoms with Crippen LogP contribution in [-0.4, -0.2) is 11.5 Å². The normalized spacial score (nSPS) is 9.61. The van der Waals surface area contributed by atoms with Gasteiger partial charge in [-0.05, 0) is 27.9 Å². The van der Waals surface area contributed by atoms with Gasteiger partial charge in [-0.2, -0.15) is 0 Å². The minimum Gasteiger partial charge on any atom is -0.396 e. The van der Waals surface area contributed by atoms with Gasteiger partial charge in [0.1, 0.15) is 0 Å². The van der Waals surface area contributed by atoms with E-state index in [-0.39, 0.29) is 12.4 Å². The Morgan fingerprint density at radius 2 is 1.89 bits per heavy atom. The van der Waals surface area contributed by atoms with Crippen LogP contribution in [0.1, 0.15) is 5.56 Å².